The number of thiazole rings is 1. The second kappa shape index (κ2) is 5.14. The third kappa shape index (κ3) is 3.04. The van der Waals surface area contributed by atoms with Gasteiger partial charge in [0.25, 0.3) is 0 Å². The minimum Gasteiger partial charge on any atom is -0.456 e. The van der Waals surface area contributed by atoms with Crippen LogP contribution in [0, 0.1) is 13.8 Å². The number of carbonyl (C=O) groups excluding carboxylic acids is 1. The lowest BCUT2D eigenvalue weighted by Crippen LogP contribution is -2.12. The molecule has 0 spiro atoms. The second-order valence-electron chi connectivity index (χ2n) is 3.84. The van der Waals surface area contributed by atoms with E-state index in [2.05, 4.69) is 9.97 Å². The Morgan fingerprint density at radius 2 is 2.22 bits per heavy atom. The number of H-pyrrole nitrogens is 1. The van der Waals surface area contributed by atoms with Gasteiger partial charge in [0.05, 0.1) is 15.4 Å². The molecule has 0 aliphatic heterocycles. The van der Waals surface area contributed by atoms with E-state index in [9.17, 15) is 9.59 Å². The maximum atomic E-state index is 11.7. The Kier molecular flexibility index (Phi) is 3.57. The summed E-state index contributed by atoms with van der Waals surface area (Å²) in [5.74, 6) is -0.504. The van der Waals surface area contributed by atoms with Crippen LogP contribution in [-0.2, 0) is 11.3 Å². The molecule has 2 rings (SSSR count). The molecule has 2 aromatic heterocycles. The third-order valence-electron chi connectivity index (χ3n) is 2.23. The smallest absolute Gasteiger partial charge is 0.338 e. The van der Waals surface area contributed by atoms with Gasteiger partial charge in [0.2, 0.25) is 5.56 Å². The molecule has 0 aliphatic rings. The van der Waals surface area contributed by atoms with E-state index in [1.165, 1.54) is 17.4 Å². The molecule has 94 valence electrons. The second-order valence-corrected chi connectivity index (χ2v) is 5.16. The first-order chi connectivity index (χ1) is 8.54. The topological polar surface area (TPSA) is 72.0 Å². The summed E-state index contributed by atoms with van der Waals surface area (Å²) in [5.41, 5.74) is 0.580. The lowest BCUT2D eigenvalue weighted by atomic mass is 10.2. The molecule has 0 saturated carbocycles. The van der Waals surface area contributed by atoms with Crippen molar-refractivity contribution in [2.75, 3.05) is 0 Å². The highest BCUT2D eigenvalue weighted by Gasteiger charge is 2.09. The van der Waals surface area contributed by atoms with Gasteiger partial charge in [0, 0.05) is 18.0 Å². The van der Waals surface area contributed by atoms with Crippen LogP contribution in [0.4, 0.5) is 0 Å². The number of aryl methyl sites for hydroxylation is 2. The van der Waals surface area contributed by atoms with E-state index in [0.717, 1.165) is 9.88 Å². The maximum absolute atomic E-state index is 11.7. The van der Waals surface area contributed by atoms with Crippen molar-refractivity contribution in [3.63, 3.8) is 0 Å². The number of nitrogens with zero attached hydrogens (tertiary/aromatic N) is 1. The van der Waals surface area contributed by atoms with Crippen LogP contribution < -0.4 is 5.56 Å². The molecule has 0 radical (unpaired) electrons. The number of hydrogen-bond acceptors (Lipinski definition) is 5. The van der Waals surface area contributed by atoms with Gasteiger partial charge in [0.1, 0.15) is 6.61 Å². The molecule has 0 unspecified atom stereocenters. The molecule has 0 aliphatic carbocycles. The van der Waals surface area contributed by atoms with Crippen LogP contribution in [0.5, 0.6) is 0 Å². The van der Waals surface area contributed by atoms with Crippen LogP contribution >= 0.6 is 11.3 Å². The fourth-order valence-corrected chi connectivity index (χ4v) is 2.20. The molecule has 2 heterocycles. The monoisotopic (exact) mass is 264 g/mol. The lowest BCUT2D eigenvalue weighted by Gasteiger charge is -2.03. The molecule has 18 heavy (non-hydrogen) atoms. The fraction of sp³-hybridized carbons (Fsp3) is 0.250. The Balaban J connectivity index is 2.05. The molecule has 5 nitrogen and oxygen atoms in total. The zero-order valence-corrected chi connectivity index (χ0v) is 10.8. The molecule has 0 fully saturated rings. The number of esters is 1. The number of rotatable bonds is 3. The van der Waals surface area contributed by atoms with E-state index in [-0.39, 0.29) is 17.7 Å². The van der Waals surface area contributed by atoms with Gasteiger partial charge in [0.15, 0.2) is 0 Å². The minimum absolute atomic E-state index is 0.177. The first-order valence-corrected chi connectivity index (χ1v) is 6.15. The van der Waals surface area contributed by atoms with Crippen molar-refractivity contribution in [2.45, 2.75) is 20.5 Å². The number of ether oxygens (including phenoxy) is 1. The number of carbonyl (C=O) groups is 1. The highest BCUT2D eigenvalue weighted by atomic mass is 32.1. The van der Waals surface area contributed by atoms with Gasteiger partial charge in [-0.1, -0.05) is 0 Å². The fourth-order valence-electron chi connectivity index (χ4n) is 1.49. The minimum atomic E-state index is -0.504. The number of pyridine rings is 1. The molecular weight excluding hydrogens is 252 g/mol. The zero-order chi connectivity index (χ0) is 13.1. The summed E-state index contributed by atoms with van der Waals surface area (Å²) < 4.78 is 5.12. The van der Waals surface area contributed by atoms with Crippen LogP contribution in [0.2, 0.25) is 0 Å². The Bertz CT molecular complexity index is 630. The average molecular weight is 264 g/mol. The van der Waals surface area contributed by atoms with Crippen LogP contribution in [0.1, 0.15) is 25.9 Å². The Hall–Kier alpha value is -1.95. The van der Waals surface area contributed by atoms with Gasteiger partial charge in [-0.3, -0.25) is 4.79 Å². The van der Waals surface area contributed by atoms with E-state index < -0.39 is 5.97 Å². The maximum Gasteiger partial charge on any atom is 0.338 e. The first kappa shape index (κ1) is 12.5. The number of aromatic amines is 1. The number of aromatic nitrogens is 2. The summed E-state index contributed by atoms with van der Waals surface area (Å²) in [7, 11) is 0. The molecule has 0 aromatic carbocycles. The van der Waals surface area contributed by atoms with Crippen molar-refractivity contribution < 1.29 is 9.53 Å². The van der Waals surface area contributed by atoms with E-state index in [1.807, 2.05) is 6.92 Å². The SMILES string of the molecule is Cc1cc(C(=O)OCc2cnc(C)s2)cc(=O)[nH]1. The van der Waals surface area contributed by atoms with Crippen LogP contribution in [0.15, 0.2) is 23.1 Å². The number of nitrogens with one attached hydrogen (secondary N) is 1. The summed E-state index contributed by atoms with van der Waals surface area (Å²) in [6, 6.07) is 2.81. The summed E-state index contributed by atoms with van der Waals surface area (Å²) in [5, 5.41) is 0.924. The van der Waals surface area contributed by atoms with Gasteiger partial charge < -0.3 is 9.72 Å². The molecule has 1 N–H and O–H groups in total. The van der Waals surface area contributed by atoms with Gasteiger partial charge in [-0.15, -0.1) is 11.3 Å². The van der Waals surface area contributed by atoms with Crippen molar-refractivity contribution in [3.05, 3.63) is 49.8 Å². The Morgan fingerprint density at radius 1 is 1.44 bits per heavy atom. The van der Waals surface area contributed by atoms with Crippen LogP contribution in [0.3, 0.4) is 0 Å². The third-order valence-corrected chi connectivity index (χ3v) is 3.12. The van der Waals surface area contributed by atoms with Gasteiger partial charge in [-0.25, -0.2) is 9.78 Å². The highest BCUT2D eigenvalue weighted by Crippen LogP contribution is 2.13. The summed E-state index contributed by atoms with van der Waals surface area (Å²) in [4.78, 5) is 30.5. The number of hydrogen-bond donors (Lipinski definition) is 1. The van der Waals surface area contributed by atoms with Gasteiger partial charge in [-0.2, -0.15) is 0 Å². The standard InChI is InChI=1S/C12H12N2O3S/c1-7-3-9(4-11(15)14-7)12(16)17-6-10-5-13-8(2)18-10/h3-5H,6H2,1-2H3,(H,14,15). The van der Waals surface area contributed by atoms with Crippen molar-refractivity contribution in [3.8, 4) is 0 Å². The van der Waals surface area contributed by atoms with Crippen molar-refractivity contribution >= 4 is 17.3 Å². The van der Waals surface area contributed by atoms with E-state index >= 15 is 0 Å². The van der Waals surface area contributed by atoms with E-state index in [1.54, 1.807) is 19.2 Å². The van der Waals surface area contributed by atoms with Gasteiger partial charge >= 0.3 is 5.97 Å². The quantitative estimate of drug-likeness (QED) is 0.858. The van der Waals surface area contributed by atoms with Crippen molar-refractivity contribution in [2.24, 2.45) is 0 Å². The normalized spacial score (nSPS) is 10.3. The molecule has 0 atom stereocenters. The first-order valence-electron chi connectivity index (χ1n) is 5.34. The predicted octanol–water partition coefficient (Wildman–Crippen LogP) is 1.81. The molecule has 0 amide bonds. The van der Waals surface area contributed by atoms with Crippen LogP contribution in [0.25, 0.3) is 0 Å². The molecule has 0 saturated heterocycles. The van der Waals surface area contributed by atoms with Crippen molar-refractivity contribution in [1.29, 1.82) is 0 Å². The van der Waals surface area contributed by atoms with Crippen molar-refractivity contribution in [1.82, 2.24) is 9.97 Å². The summed E-state index contributed by atoms with van der Waals surface area (Å²) >= 11 is 1.47. The molecule has 2 aromatic rings. The lowest BCUT2D eigenvalue weighted by molar-refractivity contribution is 0.0476. The molecule has 0 bridgehead atoms. The predicted molar refractivity (Wildman–Crippen MR) is 67.8 cm³/mol. The Labute approximate surface area is 107 Å². The Morgan fingerprint density at radius 3 is 2.83 bits per heavy atom. The summed E-state index contributed by atoms with van der Waals surface area (Å²) in [6.45, 7) is 3.77. The summed E-state index contributed by atoms with van der Waals surface area (Å²) in [6.07, 6.45) is 1.68. The van der Waals surface area contributed by atoms with E-state index in [0.29, 0.717) is 5.69 Å². The molecular formula is C12H12N2O3S. The van der Waals surface area contributed by atoms with E-state index in [4.69, 9.17) is 4.74 Å². The van der Waals surface area contributed by atoms with Gasteiger partial charge in [-0.05, 0) is 19.9 Å². The average Bonchev–Trinajstić information content (AvgIpc) is 2.70. The molecule has 6 heteroatoms. The largest absolute Gasteiger partial charge is 0.456 e. The highest BCUT2D eigenvalue weighted by molar-refractivity contribution is 7.11. The van der Waals surface area contributed by atoms with Crippen LogP contribution in [-0.4, -0.2) is 15.9 Å². The zero-order valence-electron chi connectivity index (χ0n) is 10.0.